The Morgan fingerprint density at radius 3 is 2.62 bits per heavy atom. The smallest absolute Gasteiger partial charge is 0.269 e. The van der Waals surface area contributed by atoms with Gasteiger partial charge in [0, 0.05) is 6.20 Å². The van der Waals surface area contributed by atoms with E-state index < -0.39 is 17.4 Å². The lowest BCUT2D eigenvalue weighted by atomic mass is 10.2. The lowest BCUT2D eigenvalue weighted by Gasteiger charge is -2.00. The Labute approximate surface area is 85.3 Å². The Balaban J connectivity index is 3.40. The van der Waals surface area contributed by atoms with E-state index in [1.165, 1.54) is 0 Å². The molecule has 0 saturated carbocycles. The highest BCUT2D eigenvalue weighted by molar-refractivity contribution is 14.1. The predicted molar refractivity (Wildman–Crippen MR) is 50.1 cm³/mol. The largest absolute Gasteiger partial charge is 0.357 e. The standard InChI is InChI=1S/C7H4F2INO2/c8-7(9)3-1-11-4(2-12)5(10)6(3)13/h1-2,7H,(H,11,13). The highest BCUT2D eigenvalue weighted by Crippen LogP contribution is 2.15. The second kappa shape index (κ2) is 3.95. The maximum atomic E-state index is 12.1. The van der Waals surface area contributed by atoms with Crippen molar-refractivity contribution < 1.29 is 13.6 Å². The van der Waals surface area contributed by atoms with E-state index in [0.29, 0.717) is 6.29 Å². The summed E-state index contributed by atoms with van der Waals surface area (Å²) in [6, 6.07) is 0. The molecule has 0 saturated heterocycles. The van der Waals surface area contributed by atoms with Gasteiger partial charge in [-0.15, -0.1) is 0 Å². The van der Waals surface area contributed by atoms with Crippen LogP contribution in [0.1, 0.15) is 22.5 Å². The summed E-state index contributed by atoms with van der Waals surface area (Å²) in [5, 5.41) is 0. The van der Waals surface area contributed by atoms with Gasteiger partial charge in [0.2, 0.25) is 5.43 Å². The van der Waals surface area contributed by atoms with Gasteiger partial charge in [-0.2, -0.15) is 0 Å². The summed E-state index contributed by atoms with van der Waals surface area (Å²) >= 11 is 1.56. The van der Waals surface area contributed by atoms with Crippen molar-refractivity contribution in [1.29, 1.82) is 0 Å². The summed E-state index contributed by atoms with van der Waals surface area (Å²) < 4.78 is 24.3. The maximum absolute atomic E-state index is 12.1. The van der Waals surface area contributed by atoms with Crippen LogP contribution in [0.3, 0.4) is 0 Å². The molecule has 6 heteroatoms. The van der Waals surface area contributed by atoms with E-state index in [1.54, 1.807) is 22.6 Å². The summed E-state index contributed by atoms with van der Waals surface area (Å²) in [6.07, 6.45) is -1.55. The van der Waals surface area contributed by atoms with Crippen molar-refractivity contribution in [2.45, 2.75) is 6.43 Å². The van der Waals surface area contributed by atoms with Gasteiger partial charge in [-0.3, -0.25) is 9.59 Å². The van der Waals surface area contributed by atoms with Gasteiger partial charge >= 0.3 is 0 Å². The molecule has 3 nitrogen and oxygen atoms in total. The first-order chi connectivity index (χ1) is 6.07. The Bertz CT molecular complexity index is 389. The molecule has 0 aliphatic rings. The first-order valence-electron chi connectivity index (χ1n) is 3.22. The van der Waals surface area contributed by atoms with Crippen LogP contribution >= 0.6 is 22.6 Å². The molecule has 0 spiro atoms. The van der Waals surface area contributed by atoms with Gasteiger partial charge < -0.3 is 4.98 Å². The Kier molecular flexibility index (Phi) is 3.12. The number of rotatable bonds is 2. The lowest BCUT2D eigenvalue weighted by Crippen LogP contribution is -2.16. The molecular formula is C7H4F2INO2. The number of pyridine rings is 1. The number of nitrogens with one attached hydrogen (secondary N) is 1. The molecule has 1 aromatic rings. The van der Waals surface area contributed by atoms with E-state index in [4.69, 9.17) is 0 Å². The minimum absolute atomic E-state index is 0.00889. The van der Waals surface area contributed by atoms with Crippen LogP contribution < -0.4 is 5.43 Å². The number of halogens is 3. The third kappa shape index (κ3) is 1.93. The number of hydrogen-bond donors (Lipinski definition) is 1. The molecule has 1 heterocycles. The normalized spacial score (nSPS) is 10.5. The summed E-state index contributed by atoms with van der Waals surface area (Å²) in [5.41, 5.74) is -1.39. The van der Waals surface area contributed by atoms with Crippen LogP contribution in [-0.2, 0) is 0 Å². The van der Waals surface area contributed by atoms with Gasteiger partial charge in [0.15, 0.2) is 6.29 Å². The molecule has 0 aromatic carbocycles. The molecule has 1 rings (SSSR count). The fourth-order valence-corrected chi connectivity index (χ4v) is 1.38. The van der Waals surface area contributed by atoms with E-state index in [2.05, 4.69) is 4.98 Å². The first-order valence-corrected chi connectivity index (χ1v) is 4.30. The van der Waals surface area contributed by atoms with Gasteiger partial charge in [0.1, 0.15) is 0 Å². The SMILES string of the molecule is O=Cc1[nH]cc(C(F)F)c(=O)c1I. The van der Waals surface area contributed by atoms with Crippen LogP contribution in [0.2, 0.25) is 0 Å². The van der Waals surface area contributed by atoms with Gasteiger partial charge in [0.05, 0.1) is 14.8 Å². The number of hydrogen-bond acceptors (Lipinski definition) is 2. The fourth-order valence-electron chi connectivity index (χ4n) is 0.781. The number of H-pyrrole nitrogens is 1. The number of alkyl halides is 2. The number of aldehydes is 1. The highest BCUT2D eigenvalue weighted by atomic mass is 127. The van der Waals surface area contributed by atoms with Crippen LogP contribution in [-0.4, -0.2) is 11.3 Å². The average molecular weight is 299 g/mol. The molecule has 1 N–H and O–H groups in total. The number of carbonyl (C=O) groups excluding carboxylic acids is 1. The first kappa shape index (κ1) is 10.3. The van der Waals surface area contributed by atoms with Crippen LogP contribution in [0, 0.1) is 3.57 Å². The van der Waals surface area contributed by atoms with Crippen molar-refractivity contribution in [3.8, 4) is 0 Å². The summed E-state index contributed by atoms with van der Waals surface area (Å²) in [4.78, 5) is 23.7. The third-order valence-electron chi connectivity index (χ3n) is 1.43. The lowest BCUT2D eigenvalue weighted by molar-refractivity contribution is 0.111. The molecule has 0 aliphatic heterocycles. The Morgan fingerprint density at radius 2 is 2.15 bits per heavy atom. The highest BCUT2D eigenvalue weighted by Gasteiger charge is 2.15. The van der Waals surface area contributed by atoms with Crippen molar-refractivity contribution in [2.75, 3.05) is 0 Å². The van der Waals surface area contributed by atoms with Crippen molar-refractivity contribution in [2.24, 2.45) is 0 Å². The van der Waals surface area contributed by atoms with Gasteiger partial charge in [-0.25, -0.2) is 8.78 Å². The van der Waals surface area contributed by atoms with Crippen LogP contribution in [0.4, 0.5) is 8.78 Å². The summed E-state index contributed by atoms with van der Waals surface area (Å²) in [6.45, 7) is 0. The minimum Gasteiger partial charge on any atom is -0.357 e. The Hall–Kier alpha value is -0.790. The molecule has 0 aliphatic carbocycles. The number of carbonyl (C=O) groups is 1. The predicted octanol–water partition coefficient (Wildman–Crippen LogP) is 1.73. The second-order valence-electron chi connectivity index (χ2n) is 2.22. The molecule has 0 bridgehead atoms. The van der Waals surface area contributed by atoms with E-state index in [-0.39, 0.29) is 9.26 Å². The van der Waals surface area contributed by atoms with E-state index in [1.807, 2.05) is 0 Å². The zero-order chi connectivity index (χ0) is 10.0. The van der Waals surface area contributed by atoms with Crippen LogP contribution in [0.15, 0.2) is 11.0 Å². The molecule has 70 valence electrons. The molecule has 0 amide bonds. The average Bonchev–Trinajstić information content (AvgIpc) is 2.09. The van der Waals surface area contributed by atoms with Gasteiger partial charge in [-0.1, -0.05) is 0 Å². The van der Waals surface area contributed by atoms with E-state index in [9.17, 15) is 18.4 Å². The summed E-state index contributed by atoms with van der Waals surface area (Å²) in [5.74, 6) is 0. The maximum Gasteiger partial charge on any atom is 0.269 e. The number of aromatic amines is 1. The third-order valence-corrected chi connectivity index (χ3v) is 2.51. The second-order valence-corrected chi connectivity index (χ2v) is 3.30. The van der Waals surface area contributed by atoms with Crippen molar-refractivity contribution in [3.63, 3.8) is 0 Å². The molecule has 0 unspecified atom stereocenters. The molecule has 0 fully saturated rings. The quantitative estimate of drug-likeness (QED) is 0.668. The van der Waals surface area contributed by atoms with Crippen molar-refractivity contribution in [3.05, 3.63) is 31.2 Å². The Morgan fingerprint density at radius 1 is 1.54 bits per heavy atom. The monoisotopic (exact) mass is 299 g/mol. The molecule has 0 atom stereocenters. The van der Waals surface area contributed by atoms with Gasteiger partial charge in [0.25, 0.3) is 6.43 Å². The number of aromatic nitrogens is 1. The van der Waals surface area contributed by atoms with Crippen LogP contribution in [0.25, 0.3) is 0 Å². The minimum atomic E-state index is -2.82. The van der Waals surface area contributed by atoms with E-state index >= 15 is 0 Å². The van der Waals surface area contributed by atoms with Crippen molar-refractivity contribution >= 4 is 28.9 Å². The molecule has 13 heavy (non-hydrogen) atoms. The molecule has 1 aromatic heterocycles. The topological polar surface area (TPSA) is 49.9 Å². The van der Waals surface area contributed by atoms with Gasteiger partial charge in [-0.05, 0) is 22.6 Å². The molecule has 0 radical (unpaired) electrons. The molecular weight excluding hydrogens is 295 g/mol. The summed E-state index contributed by atoms with van der Waals surface area (Å²) in [7, 11) is 0. The van der Waals surface area contributed by atoms with E-state index in [0.717, 1.165) is 6.20 Å². The fraction of sp³-hybridized carbons (Fsp3) is 0.143. The van der Waals surface area contributed by atoms with Crippen molar-refractivity contribution in [1.82, 2.24) is 4.98 Å². The zero-order valence-corrected chi connectivity index (χ0v) is 8.34. The van der Waals surface area contributed by atoms with Crippen LogP contribution in [0.5, 0.6) is 0 Å². The zero-order valence-electron chi connectivity index (χ0n) is 6.18.